The van der Waals surface area contributed by atoms with Crippen LogP contribution in [0, 0.1) is 6.92 Å². The highest BCUT2D eigenvalue weighted by Gasteiger charge is 2.22. The minimum atomic E-state index is -0.00454. The van der Waals surface area contributed by atoms with Crippen molar-refractivity contribution in [3.8, 4) is 22.4 Å². The maximum atomic E-state index is 12.3. The Morgan fingerprint density at radius 1 is 1.03 bits per heavy atom. The summed E-state index contributed by atoms with van der Waals surface area (Å²) in [7, 11) is 0. The lowest BCUT2D eigenvalue weighted by molar-refractivity contribution is -0.115. The first-order valence-electron chi connectivity index (χ1n) is 10.8. The summed E-state index contributed by atoms with van der Waals surface area (Å²) in [5, 5.41) is 9.28. The van der Waals surface area contributed by atoms with Gasteiger partial charge in [-0.15, -0.1) is 0 Å². The number of benzene rings is 2. The Hall–Kier alpha value is -3.44. The molecule has 1 aliphatic heterocycles. The fraction of sp³-hybridized carbons (Fsp3) is 0.192. The molecule has 4 aromatic rings. The Morgan fingerprint density at radius 2 is 1.91 bits per heavy atom. The van der Waals surface area contributed by atoms with E-state index in [1.807, 2.05) is 50.5 Å². The minimum absolute atomic E-state index is 0.00454. The third-order valence-electron chi connectivity index (χ3n) is 5.91. The third kappa shape index (κ3) is 3.59. The number of halogens is 1. The van der Waals surface area contributed by atoms with E-state index in [0.717, 1.165) is 62.2 Å². The van der Waals surface area contributed by atoms with Gasteiger partial charge in [0, 0.05) is 52.6 Å². The largest absolute Gasteiger partial charge is 0.382 e. The molecule has 0 bridgehead atoms. The lowest BCUT2D eigenvalue weighted by atomic mass is 9.94. The van der Waals surface area contributed by atoms with Gasteiger partial charge in [-0.3, -0.25) is 14.8 Å². The van der Waals surface area contributed by atoms with E-state index < -0.39 is 0 Å². The zero-order valence-electron chi connectivity index (χ0n) is 18.0. The van der Waals surface area contributed by atoms with Gasteiger partial charge in [0.15, 0.2) is 0 Å². The van der Waals surface area contributed by atoms with Gasteiger partial charge in [0.25, 0.3) is 0 Å². The number of aryl methyl sites for hydroxylation is 1. The van der Waals surface area contributed by atoms with Gasteiger partial charge in [-0.25, -0.2) is 0 Å². The Morgan fingerprint density at radius 3 is 2.69 bits per heavy atom. The molecule has 160 valence electrons. The zero-order chi connectivity index (χ0) is 22.2. The van der Waals surface area contributed by atoms with Gasteiger partial charge >= 0.3 is 0 Å². The van der Waals surface area contributed by atoms with Crippen LogP contribution in [-0.4, -0.2) is 22.4 Å². The fourth-order valence-corrected chi connectivity index (χ4v) is 4.59. The van der Waals surface area contributed by atoms with Crippen molar-refractivity contribution in [2.75, 3.05) is 17.2 Å². The standard InChI is InChI=1S/C26H23ClN4O/c1-3-18-22(27)12-20(25-26(18)31-24(32)9-10-28-25)19-6-4-5-16-11-23(30-14-21(16)19)17-8-7-15(2)29-13-17/h4-8,11-14,28H,3,9-10H2,1-2H3,(H,31,32). The molecule has 1 aliphatic rings. The highest BCUT2D eigenvalue weighted by Crippen LogP contribution is 2.44. The number of rotatable bonds is 3. The molecule has 0 unspecified atom stereocenters. The molecular formula is C26H23ClN4O. The van der Waals surface area contributed by atoms with Crippen molar-refractivity contribution in [1.29, 1.82) is 0 Å². The fourth-order valence-electron chi connectivity index (χ4n) is 4.26. The van der Waals surface area contributed by atoms with Crippen LogP contribution in [0.15, 0.2) is 54.9 Å². The minimum Gasteiger partial charge on any atom is -0.382 e. The summed E-state index contributed by atoms with van der Waals surface area (Å²) in [5.41, 5.74) is 7.46. The summed E-state index contributed by atoms with van der Waals surface area (Å²) in [6.07, 6.45) is 4.90. The topological polar surface area (TPSA) is 66.9 Å². The second-order valence-corrected chi connectivity index (χ2v) is 8.40. The number of hydrogen-bond donors (Lipinski definition) is 2. The first kappa shape index (κ1) is 20.5. The quantitative estimate of drug-likeness (QED) is 0.394. The van der Waals surface area contributed by atoms with Crippen LogP contribution in [0.3, 0.4) is 0 Å². The average Bonchev–Trinajstić information content (AvgIpc) is 2.99. The van der Waals surface area contributed by atoms with Crippen LogP contribution in [0.5, 0.6) is 0 Å². The van der Waals surface area contributed by atoms with Gasteiger partial charge in [-0.1, -0.05) is 36.7 Å². The van der Waals surface area contributed by atoms with Crippen molar-refractivity contribution in [3.63, 3.8) is 0 Å². The van der Waals surface area contributed by atoms with E-state index in [4.69, 9.17) is 16.6 Å². The monoisotopic (exact) mass is 442 g/mol. The van der Waals surface area contributed by atoms with Crippen molar-refractivity contribution in [1.82, 2.24) is 9.97 Å². The van der Waals surface area contributed by atoms with E-state index in [1.54, 1.807) is 0 Å². The van der Waals surface area contributed by atoms with Gasteiger partial charge in [0.1, 0.15) is 0 Å². The molecule has 5 rings (SSSR count). The Bertz CT molecular complexity index is 1350. The van der Waals surface area contributed by atoms with Crippen molar-refractivity contribution < 1.29 is 4.79 Å². The summed E-state index contributed by atoms with van der Waals surface area (Å²) in [4.78, 5) is 21.4. The average molecular weight is 443 g/mol. The lowest BCUT2D eigenvalue weighted by Crippen LogP contribution is -2.12. The van der Waals surface area contributed by atoms with Crippen molar-refractivity contribution in [2.45, 2.75) is 26.7 Å². The molecule has 0 fully saturated rings. The first-order chi connectivity index (χ1) is 15.5. The van der Waals surface area contributed by atoms with Crippen LogP contribution in [0.4, 0.5) is 11.4 Å². The molecule has 0 saturated heterocycles. The molecule has 2 N–H and O–H groups in total. The molecular weight excluding hydrogens is 420 g/mol. The van der Waals surface area contributed by atoms with E-state index in [-0.39, 0.29) is 5.91 Å². The molecule has 0 radical (unpaired) electrons. The lowest BCUT2D eigenvalue weighted by Gasteiger charge is -2.20. The van der Waals surface area contributed by atoms with Gasteiger partial charge in [-0.05, 0) is 54.1 Å². The molecule has 2 aromatic heterocycles. The molecule has 2 aromatic carbocycles. The van der Waals surface area contributed by atoms with Crippen LogP contribution in [0.2, 0.25) is 5.02 Å². The normalized spacial score (nSPS) is 13.3. The summed E-state index contributed by atoms with van der Waals surface area (Å²) < 4.78 is 0. The maximum absolute atomic E-state index is 12.3. The summed E-state index contributed by atoms with van der Waals surface area (Å²) in [6.45, 7) is 4.59. The first-order valence-corrected chi connectivity index (χ1v) is 11.1. The van der Waals surface area contributed by atoms with E-state index in [1.165, 1.54) is 0 Å². The van der Waals surface area contributed by atoms with Crippen LogP contribution in [0.25, 0.3) is 33.2 Å². The molecule has 0 saturated carbocycles. The molecule has 1 amide bonds. The number of carbonyl (C=O) groups excluding carboxylic acids is 1. The number of nitrogens with one attached hydrogen (secondary N) is 2. The number of carbonyl (C=O) groups is 1. The highest BCUT2D eigenvalue weighted by molar-refractivity contribution is 6.33. The predicted molar refractivity (Wildman–Crippen MR) is 131 cm³/mol. The maximum Gasteiger partial charge on any atom is 0.226 e. The second-order valence-electron chi connectivity index (χ2n) is 8.00. The number of pyridine rings is 2. The molecule has 0 spiro atoms. The second kappa shape index (κ2) is 8.24. The smallest absolute Gasteiger partial charge is 0.226 e. The van der Waals surface area contributed by atoms with Crippen LogP contribution in [0.1, 0.15) is 24.6 Å². The third-order valence-corrected chi connectivity index (χ3v) is 6.25. The summed E-state index contributed by atoms with van der Waals surface area (Å²) >= 11 is 6.68. The van der Waals surface area contributed by atoms with Gasteiger partial charge < -0.3 is 10.6 Å². The Balaban J connectivity index is 1.70. The van der Waals surface area contributed by atoms with E-state index in [9.17, 15) is 4.79 Å². The van der Waals surface area contributed by atoms with Crippen LogP contribution >= 0.6 is 11.6 Å². The Kier molecular flexibility index (Phi) is 5.27. The molecule has 32 heavy (non-hydrogen) atoms. The number of hydrogen-bond acceptors (Lipinski definition) is 4. The van der Waals surface area contributed by atoms with Crippen molar-refractivity contribution >= 4 is 39.7 Å². The predicted octanol–water partition coefficient (Wildman–Crippen LogP) is 6.24. The zero-order valence-corrected chi connectivity index (χ0v) is 18.8. The number of aromatic nitrogens is 2. The van der Waals surface area contributed by atoms with Gasteiger partial charge in [0.05, 0.1) is 17.1 Å². The van der Waals surface area contributed by atoms with Crippen molar-refractivity contribution in [2.24, 2.45) is 0 Å². The number of amides is 1. The molecule has 0 atom stereocenters. The molecule has 0 aliphatic carbocycles. The van der Waals surface area contributed by atoms with E-state index in [2.05, 4.69) is 33.8 Å². The Labute approximate surface area is 191 Å². The molecule has 6 heteroatoms. The SMILES string of the molecule is CCc1c(Cl)cc(-c2cccc3cc(-c4ccc(C)nc4)ncc23)c2c1NC(=O)CCN2. The number of nitrogens with zero attached hydrogens (tertiary/aromatic N) is 2. The van der Waals surface area contributed by atoms with Crippen molar-refractivity contribution in [3.05, 3.63) is 71.1 Å². The van der Waals surface area contributed by atoms with Crippen LogP contribution in [-0.2, 0) is 11.2 Å². The number of fused-ring (bicyclic) bond motifs is 2. The van der Waals surface area contributed by atoms with Crippen LogP contribution < -0.4 is 10.6 Å². The molecule has 5 nitrogen and oxygen atoms in total. The van der Waals surface area contributed by atoms with Gasteiger partial charge in [-0.2, -0.15) is 0 Å². The van der Waals surface area contributed by atoms with E-state index >= 15 is 0 Å². The molecule has 3 heterocycles. The summed E-state index contributed by atoms with van der Waals surface area (Å²) in [6, 6.07) is 14.3. The van der Waals surface area contributed by atoms with E-state index in [0.29, 0.717) is 18.0 Å². The van der Waals surface area contributed by atoms with Gasteiger partial charge in [0.2, 0.25) is 5.91 Å². The highest BCUT2D eigenvalue weighted by atomic mass is 35.5. The number of anilines is 2. The summed E-state index contributed by atoms with van der Waals surface area (Å²) in [5.74, 6) is -0.00454.